The summed E-state index contributed by atoms with van der Waals surface area (Å²) in [6.45, 7) is 1.57. The molecule has 0 bridgehead atoms. The summed E-state index contributed by atoms with van der Waals surface area (Å²) in [6.07, 6.45) is 8.62. The molecular formula is C21H27NO5. The smallest absolute Gasteiger partial charge is 0.337 e. The largest absolute Gasteiger partial charge is 0.465 e. The van der Waals surface area contributed by atoms with Gasteiger partial charge in [0, 0.05) is 12.1 Å². The van der Waals surface area contributed by atoms with Gasteiger partial charge in [0.05, 0.1) is 12.7 Å². The molecule has 1 N–H and O–H groups in total. The summed E-state index contributed by atoms with van der Waals surface area (Å²) in [4.78, 5) is 35.5. The van der Waals surface area contributed by atoms with E-state index in [-0.39, 0.29) is 11.9 Å². The predicted molar refractivity (Wildman–Crippen MR) is 102 cm³/mol. The molecule has 146 valence electrons. The highest BCUT2D eigenvalue weighted by Gasteiger charge is 2.21. The van der Waals surface area contributed by atoms with Gasteiger partial charge in [0.15, 0.2) is 6.10 Å². The topological polar surface area (TPSA) is 81.7 Å². The van der Waals surface area contributed by atoms with E-state index >= 15 is 0 Å². The summed E-state index contributed by atoms with van der Waals surface area (Å²) in [7, 11) is 1.32. The summed E-state index contributed by atoms with van der Waals surface area (Å²) in [6, 6.07) is 6.78. The lowest BCUT2D eigenvalue weighted by Gasteiger charge is -2.19. The molecule has 1 atom stereocenters. The van der Waals surface area contributed by atoms with Crippen LogP contribution in [0.15, 0.2) is 30.3 Å². The summed E-state index contributed by atoms with van der Waals surface area (Å²) in [5, 5.41) is 2.98. The second-order valence-electron chi connectivity index (χ2n) is 6.72. The molecule has 1 aliphatic carbocycles. The highest BCUT2D eigenvalue weighted by molar-refractivity contribution is 5.91. The number of carbonyl (C=O) groups excluding carboxylic acids is 3. The van der Waals surface area contributed by atoms with Crippen molar-refractivity contribution < 1.29 is 23.9 Å². The van der Waals surface area contributed by atoms with Crippen molar-refractivity contribution in [3.8, 4) is 0 Å². The molecule has 0 spiro atoms. The summed E-state index contributed by atoms with van der Waals surface area (Å²) < 4.78 is 9.81. The molecule has 0 radical (unpaired) electrons. The number of esters is 2. The monoisotopic (exact) mass is 373 g/mol. The first kappa shape index (κ1) is 20.7. The van der Waals surface area contributed by atoms with E-state index in [0.29, 0.717) is 5.56 Å². The highest BCUT2D eigenvalue weighted by atomic mass is 16.5. The van der Waals surface area contributed by atoms with Crippen LogP contribution in [0, 0.1) is 0 Å². The molecule has 1 aromatic rings. The van der Waals surface area contributed by atoms with E-state index in [9.17, 15) is 14.4 Å². The van der Waals surface area contributed by atoms with E-state index in [4.69, 9.17) is 4.74 Å². The average molecular weight is 373 g/mol. The van der Waals surface area contributed by atoms with Crippen molar-refractivity contribution in [2.75, 3.05) is 7.11 Å². The van der Waals surface area contributed by atoms with Gasteiger partial charge in [-0.3, -0.25) is 4.79 Å². The molecule has 6 nitrogen and oxygen atoms in total. The van der Waals surface area contributed by atoms with E-state index < -0.39 is 18.0 Å². The fraction of sp³-hybridized carbons (Fsp3) is 0.476. The van der Waals surface area contributed by atoms with Crippen LogP contribution in [0.4, 0.5) is 0 Å². The zero-order valence-electron chi connectivity index (χ0n) is 15.9. The van der Waals surface area contributed by atoms with Crippen LogP contribution in [-0.2, 0) is 19.1 Å². The Bertz CT molecular complexity index is 672. The Morgan fingerprint density at radius 3 is 2.30 bits per heavy atom. The van der Waals surface area contributed by atoms with E-state index in [1.807, 2.05) is 0 Å². The molecule has 1 saturated carbocycles. The van der Waals surface area contributed by atoms with Crippen molar-refractivity contribution in [3.63, 3.8) is 0 Å². The third kappa shape index (κ3) is 6.89. The van der Waals surface area contributed by atoms with Crippen LogP contribution in [0.2, 0.25) is 0 Å². The number of hydrogen-bond donors (Lipinski definition) is 1. The predicted octanol–water partition coefficient (Wildman–Crippen LogP) is 3.26. The molecule has 0 heterocycles. The average Bonchev–Trinajstić information content (AvgIpc) is 2.94. The lowest BCUT2D eigenvalue weighted by atomic mass is 10.1. The minimum absolute atomic E-state index is 0.171. The van der Waals surface area contributed by atoms with Crippen LogP contribution >= 0.6 is 0 Å². The second-order valence-corrected chi connectivity index (χ2v) is 6.72. The SMILES string of the molecule is COC(=O)c1ccc(/C=C/C(=O)O[C@H](C)C(=O)NC2CCCCCC2)cc1. The number of benzene rings is 1. The lowest BCUT2D eigenvalue weighted by Crippen LogP contribution is -2.41. The number of ether oxygens (including phenoxy) is 2. The van der Waals surface area contributed by atoms with E-state index in [1.165, 1.54) is 26.0 Å². The quantitative estimate of drug-likeness (QED) is 0.470. The third-order valence-electron chi connectivity index (χ3n) is 4.61. The van der Waals surface area contributed by atoms with Crippen LogP contribution in [0.3, 0.4) is 0 Å². The number of hydrogen-bond acceptors (Lipinski definition) is 5. The Morgan fingerprint density at radius 2 is 1.70 bits per heavy atom. The van der Waals surface area contributed by atoms with Crippen molar-refractivity contribution in [3.05, 3.63) is 41.5 Å². The maximum Gasteiger partial charge on any atom is 0.337 e. The number of rotatable bonds is 6. The van der Waals surface area contributed by atoms with E-state index in [1.54, 1.807) is 37.3 Å². The lowest BCUT2D eigenvalue weighted by molar-refractivity contribution is -0.150. The molecule has 1 aromatic carbocycles. The first-order chi connectivity index (χ1) is 13.0. The summed E-state index contributed by atoms with van der Waals surface area (Å²) >= 11 is 0. The summed E-state index contributed by atoms with van der Waals surface area (Å²) in [5.41, 5.74) is 1.16. The minimum Gasteiger partial charge on any atom is -0.465 e. The number of carbonyl (C=O) groups is 3. The number of methoxy groups -OCH3 is 1. The molecular weight excluding hydrogens is 346 g/mol. The van der Waals surface area contributed by atoms with Gasteiger partial charge in [0.2, 0.25) is 0 Å². The van der Waals surface area contributed by atoms with Gasteiger partial charge < -0.3 is 14.8 Å². The molecule has 0 unspecified atom stereocenters. The van der Waals surface area contributed by atoms with Gasteiger partial charge in [0.1, 0.15) is 0 Å². The highest BCUT2D eigenvalue weighted by Crippen LogP contribution is 2.17. The molecule has 0 saturated heterocycles. The van der Waals surface area contributed by atoms with E-state index in [0.717, 1.165) is 31.2 Å². The van der Waals surface area contributed by atoms with Crippen molar-refractivity contribution in [2.24, 2.45) is 0 Å². The Morgan fingerprint density at radius 1 is 1.07 bits per heavy atom. The zero-order chi connectivity index (χ0) is 19.6. The van der Waals surface area contributed by atoms with Crippen molar-refractivity contribution in [1.82, 2.24) is 5.32 Å². The van der Waals surface area contributed by atoms with Gasteiger partial charge in [-0.2, -0.15) is 0 Å². The first-order valence-corrected chi connectivity index (χ1v) is 9.37. The maximum atomic E-state index is 12.2. The van der Waals surface area contributed by atoms with Gasteiger partial charge in [-0.15, -0.1) is 0 Å². The fourth-order valence-electron chi connectivity index (χ4n) is 3.02. The second kappa shape index (κ2) is 10.5. The van der Waals surface area contributed by atoms with Crippen LogP contribution in [0.25, 0.3) is 6.08 Å². The minimum atomic E-state index is -0.841. The van der Waals surface area contributed by atoms with Crippen LogP contribution < -0.4 is 5.32 Å². The van der Waals surface area contributed by atoms with Gasteiger partial charge in [0.25, 0.3) is 5.91 Å². The van der Waals surface area contributed by atoms with E-state index in [2.05, 4.69) is 10.1 Å². The third-order valence-corrected chi connectivity index (χ3v) is 4.61. The van der Waals surface area contributed by atoms with Crippen LogP contribution in [0.5, 0.6) is 0 Å². The maximum absolute atomic E-state index is 12.2. The first-order valence-electron chi connectivity index (χ1n) is 9.37. The molecule has 0 aromatic heterocycles. The normalized spacial score (nSPS) is 16.4. The van der Waals surface area contributed by atoms with Gasteiger partial charge in [-0.1, -0.05) is 37.8 Å². The van der Waals surface area contributed by atoms with Gasteiger partial charge in [-0.25, -0.2) is 9.59 Å². The van der Waals surface area contributed by atoms with Crippen LogP contribution in [0.1, 0.15) is 61.4 Å². The fourth-order valence-corrected chi connectivity index (χ4v) is 3.02. The zero-order valence-corrected chi connectivity index (χ0v) is 15.9. The molecule has 1 aliphatic rings. The molecule has 0 aliphatic heterocycles. The molecule has 1 amide bonds. The standard InChI is InChI=1S/C21H27NO5/c1-15(20(24)22-18-7-5-3-4-6-8-18)27-19(23)14-11-16-9-12-17(13-10-16)21(25)26-2/h9-15,18H,3-8H2,1-2H3,(H,22,24)/b14-11+/t15-/m1/s1. The number of amides is 1. The Kier molecular flexibility index (Phi) is 8.04. The van der Waals surface area contributed by atoms with Gasteiger partial charge in [-0.05, 0) is 43.5 Å². The van der Waals surface area contributed by atoms with Crippen molar-refractivity contribution >= 4 is 23.9 Å². The number of nitrogens with one attached hydrogen (secondary N) is 1. The van der Waals surface area contributed by atoms with Crippen molar-refractivity contribution in [1.29, 1.82) is 0 Å². The van der Waals surface area contributed by atoms with Crippen LogP contribution in [-0.4, -0.2) is 37.1 Å². The van der Waals surface area contributed by atoms with Gasteiger partial charge >= 0.3 is 11.9 Å². The summed E-state index contributed by atoms with van der Waals surface area (Å²) in [5.74, 6) is -1.26. The Labute approximate surface area is 159 Å². The Balaban J connectivity index is 1.81. The Hall–Kier alpha value is -2.63. The molecule has 1 fully saturated rings. The molecule has 2 rings (SSSR count). The van der Waals surface area contributed by atoms with Crippen molar-refractivity contribution in [2.45, 2.75) is 57.6 Å². The molecule has 6 heteroatoms. The molecule has 27 heavy (non-hydrogen) atoms.